The minimum Gasteiger partial charge on any atom is -0.481 e. The van der Waals surface area contributed by atoms with E-state index in [0.29, 0.717) is 22.7 Å². The Balaban J connectivity index is 1.50. The van der Waals surface area contributed by atoms with E-state index in [9.17, 15) is 20.1 Å². The Bertz CT molecular complexity index is 733. The molecule has 0 saturated heterocycles. The molecule has 0 aliphatic heterocycles. The summed E-state index contributed by atoms with van der Waals surface area (Å²) < 4.78 is 0. The van der Waals surface area contributed by atoms with Gasteiger partial charge in [0.1, 0.15) is 0 Å². The normalized spacial score (nSPS) is 52.6. The van der Waals surface area contributed by atoms with Crippen molar-refractivity contribution in [3.63, 3.8) is 0 Å². The summed E-state index contributed by atoms with van der Waals surface area (Å²) in [5, 5.41) is 30.5. The highest BCUT2D eigenvalue weighted by Gasteiger charge is 2.67. The summed E-state index contributed by atoms with van der Waals surface area (Å²) in [7, 11) is 0. The molecular formula is C28H46O4. The first-order chi connectivity index (χ1) is 15.2. The number of aliphatic carboxylic acids is 1. The van der Waals surface area contributed by atoms with Gasteiger partial charge in [0.25, 0.3) is 0 Å². The summed E-state index contributed by atoms with van der Waals surface area (Å²) in [6, 6.07) is 0. The lowest BCUT2D eigenvalue weighted by Gasteiger charge is -2.67. The van der Waals surface area contributed by atoms with Crippen LogP contribution in [-0.4, -0.2) is 34.5 Å². The molecule has 5 aliphatic carbocycles. The van der Waals surface area contributed by atoms with Crippen LogP contribution in [0.4, 0.5) is 0 Å². The SMILES string of the molecule is CC1CCCC2(C)C1CCC1(C)C3CCC4(C(=O)O)CCC(C(CO)CO)C4C3CCC21. The molecule has 5 rings (SSSR count). The summed E-state index contributed by atoms with van der Waals surface area (Å²) in [5.41, 5.74) is 0.139. The number of fused-ring (bicyclic) bond motifs is 7. The smallest absolute Gasteiger partial charge is 0.309 e. The minimum atomic E-state index is -0.627. The van der Waals surface area contributed by atoms with Gasteiger partial charge in [-0.1, -0.05) is 33.6 Å². The fourth-order valence-electron chi connectivity index (χ4n) is 11.2. The van der Waals surface area contributed by atoms with E-state index in [4.69, 9.17) is 0 Å². The predicted molar refractivity (Wildman–Crippen MR) is 125 cm³/mol. The van der Waals surface area contributed by atoms with E-state index >= 15 is 0 Å². The van der Waals surface area contributed by atoms with Gasteiger partial charge in [0.2, 0.25) is 0 Å². The molecule has 182 valence electrons. The van der Waals surface area contributed by atoms with Crippen molar-refractivity contribution in [2.24, 2.45) is 63.6 Å². The minimum absolute atomic E-state index is 0.0255. The Morgan fingerprint density at radius 3 is 2.22 bits per heavy atom. The molecule has 3 N–H and O–H groups in total. The molecule has 32 heavy (non-hydrogen) atoms. The highest BCUT2D eigenvalue weighted by atomic mass is 16.4. The maximum absolute atomic E-state index is 12.7. The third kappa shape index (κ3) is 2.96. The van der Waals surface area contributed by atoms with E-state index in [1.54, 1.807) is 0 Å². The Kier molecular flexibility index (Phi) is 5.76. The van der Waals surface area contributed by atoms with Gasteiger partial charge < -0.3 is 15.3 Å². The summed E-state index contributed by atoms with van der Waals surface area (Å²) in [5.74, 6) is 3.01. The topological polar surface area (TPSA) is 77.8 Å². The molecule has 0 radical (unpaired) electrons. The molecule has 5 fully saturated rings. The average Bonchev–Trinajstić information content (AvgIpc) is 3.16. The molecule has 10 unspecified atom stereocenters. The third-order valence-electron chi connectivity index (χ3n) is 12.5. The van der Waals surface area contributed by atoms with Gasteiger partial charge in [-0.25, -0.2) is 0 Å². The van der Waals surface area contributed by atoms with E-state index in [1.165, 1.54) is 38.5 Å². The average molecular weight is 447 g/mol. The lowest BCUT2D eigenvalue weighted by atomic mass is 9.37. The molecule has 5 aliphatic rings. The number of carbonyl (C=O) groups is 1. The maximum atomic E-state index is 12.7. The zero-order chi connectivity index (χ0) is 22.9. The molecule has 0 amide bonds. The molecule has 0 aromatic rings. The molecule has 0 heterocycles. The van der Waals surface area contributed by atoms with Gasteiger partial charge in [0.05, 0.1) is 5.41 Å². The molecule has 5 saturated carbocycles. The zero-order valence-corrected chi connectivity index (χ0v) is 20.6. The summed E-state index contributed by atoms with van der Waals surface area (Å²) in [6.45, 7) is 7.64. The Labute approximate surface area is 194 Å². The monoisotopic (exact) mass is 446 g/mol. The van der Waals surface area contributed by atoms with Crippen LogP contribution in [0.3, 0.4) is 0 Å². The molecular weight excluding hydrogens is 400 g/mol. The maximum Gasteiger partial charge on any atom is 0.309 e. The number of hydrogen-bond acceptors (Lipinski definition) is 3. The van der Waals surface area contributed by atoms with Crippen molar-refractivity contribution < 1.29 is 20.1 Å². The number of rotatable bonds is 4. The first-order valence-electron chi connectivity index (χ1n) is 13.7. The van der Waals surface area contributed by atoms with Crippen LogP contribution >= 0.6 is 0 Å². The van der Waals surface area contributed by atoms with Crippen molar-refractivity contribution in [3.8, 4) is 0 Å². The molecule has 0 spiro atoms. The highest BCUT2D eigenvalue weighted by Crippen LogP contribution is 2.72. The van der Waals surface area contributed by atoms with Gasteiger partial charge in [-0.15, -0.1) is 0 Å². The number of aliphatic hydroxyl groups is 2. The van der Waals surface area contributed by atoms with E-state index < -0.39 is 11.4 Å². The fourth-order valence-corrected chi connectivity index (χ4v) is 11.2. The number of hydrogen-bond donors (Lipinski definition) is 3. The second kappa shape index (κ2) is 7.97. The number of carboxylic acid groups (broad SMARTS) is 1. The Morgan fingerprint density at radius 2 is 1.53 bits per heavy atom. The van der Waals surface area contributed by atoms with E-state index in [2.05, 4.69) is 20.8 Å². The van der Waals surface area contributed by atoms with E-state index in [0.717, 1.165) is 49.9 Å². The van der Waals surface area contributed by atoms with Crippen LogP contribution in [0.1, 0.15) is 91.4 Å². The number of carboxylic acids is 1. The first-order valence-corrected chi connectivity index (χ1v) is 13.7. The van der Waals surface area contributed by atoms with Crippen molar-refractivity contribution in [2.45, 2.75) is 91.4 Å². The second-order valence-corrected chi connectivity index (χ2v) is 13.3. The Hall–Kier alpha value is -0.610. The van der Waals surface area contributed by atoms with Crippen molar-refractivity contribution in [3.05, 3.63) is 0 Å². The summed E-state index contributed by atoms with van der Waals surface area (Å²) >= 11 is 0. The van der Waals surface area contributed by atoms with Crippen LogP contribution in [0.5, 0.6) is 0 Å². The van der Waals surface area contributed by atoms with Gasteiger partial charge in [0.15, 0.2) is 0 Å². The predicted octanol–water partition coefficient (Wildman–Crippen LogP) is 5.36. The quantitative estimate of drug-likeness (QED) is 0.543. The molecule has 10 atom stereocenters. The lowest BCUT2D eigenvalue weighted by Crippen LogP contribution is -2.61. The van der Waals surface area contributed by atoms with Crippen LogP contribution in [-0.2, 0) is 4.79 Å². The van der Waals surface area contributed by atoms with Crippen molar-refractivity contribution in [1.29, 1.82) is 0 Å². The molecule has 4 heteroatoms. The summed E-state index contributed by atoms with van der Waals surface area (Å²) in [4.78, 5) is 12.7. The molecule has 0 aromatic carbocycles. The van der Waals surface area contributed by atoms with Crippen LogP contribution in [0, 0.1) is 63.6 Å². The largest absolute Gasteiger partial charge is 0.481 e. The van der Waals surface area contributed by atoms with Crippen molar-refractivity contribution in [2.75, 3.05) is 13.2 Å². The van der Waals surface area contributed by atoms with Gasteiger partial charge in [-0.3, -0.25) is 4.79 Å². The van der Waals surface area contributed by atoms with Crippen LogP contribution < -0.4 is 0 Å². The summed E-state index contributed by atoms with van der Waals surface area (Å²) in [6.07, 6.45) is 12.6. The van der Waals surface area contributed by atoms with Crippen molar-refractivity contribution in [1.82, 2.24) is 0 Å². The standard InChI is InChI=1S/C28H46O4/c1-17-5-4-11-26(2)21(17)9-12-27(3)22-10-14-28(25(31)32)13-8-19(18(15-29)16-30)24(28)20(22)6-7-23(26)27/h17-24,29-30H,4-16H2,1-3H3,(H,31,32). The van der Waals surface area contributed by atoms with Gasteiger partial charge in [-0.2, -0.15) is 0 Å². The third-order valence-corrected chi connectivity index (χ3v) is 12.5. The highest BCUT2D eigenvalue weighted by molar-refractivity contribution is 5.76. The Morgan fingerprint density at radius 1 is 0.875 bits per heavy atom. The first kappa shape index (κ1) is 23.1. The molecule has 0 aromatic heterocycles. The molecule has 4 nitrogen and oxygen atoms in total. The fraction of sp³-hybridized carbons (Fsp3) is 0.964. The van der Waals surface area contributed by atoms with Crippen LogP contribution in [0.15, 0.2) is 0 Å². The van der Waals surface area contributed by atoms with E-state index in [1.807, 2.05) is 0 Å². The van der Waals surface area contributed by atoms with Gasteiger partial charge in [-0.05, 0) is 110 Å². The van der Waals surface area contributed by atoms with Crippen LogP contribution in [0.25, 0.3) is 0 Å². The van der Waals surface area contributed by atoms with E-state index in [-0.39, 0.29) is 31.0 Å². The number of aliphatic hydroxyl groups excluding tert-OH is 2. The molecule has 0 bridgehead atoms. The lowest BCUT2D eigenvalue weighted by molar-refractivity contribution is -0.196. The zero-order valence-electron chi connectivity index (χ0n) is 20.6. The van der Waals surface area contributed by atoms with Crippen LogP contribution in [0.2, 0.25) is 0 Å². The van der Waals surface area contributed by atoms with Gasteiger partial charge in [0, 0.05) is 19.1 Å². The van der Waals surface area contributed by atoms with Gasteiger partial charge >= 0.3 is 5.97 Å². The second-order valence-electron chi connectivity index (χ2n) is 13.3. The van der Waals surface area contributed by atoms with Crippen molar-refractivity contribution >= 4 is 5.97 Å².